The molecule has 582 valence electrons. The predicted octanol–water partition coefficient (Wildman–Crippen LogP) is 34.4. The van der Waals surface area contributed by atoms with Crippen molar-refractivity contribution < 1.29 is 0 Å². The van der Waals surface area contributed by atoms with Crippen molar-refractivity contribution in [1.29, 1.82) is 0 Å². The Morgan fingerprint density at radius 3 is 0.832 bits per heavy atom. The number of rotatable bonds is 14. The maximum Gasteiger partial charge on any atom is 0.160 e. The number of nitrogens with zero attached hydrogens (tertiary/aromatic N) is 4. The van der Waals surface area contributed by atoms with Crippen LogP contribution < -0.4 is 0 Å². The minimum Gasteiger partial charge on any atom is -0.228 e. The van der Waals surface area contributed by atoms with E-state index in [1.165, 1.54) is 123 Å². The molecule has 0 unspecified atom stereocenters. The summed E-state index contributed by atoms with van der Waals surface area (Å²) < 4.78 is 12.6. The Kier molecular flexibility index (Phi) is 17.6. The van der Waals surface area contributed by atoms with Crippen LogP contribution in [0.25, 0.3) is 258 Å². The van der Waals surface area contributed by atoms with Gasteiger partial charge in [0, 0.05) is 134 Å². The second-order valence-corrected chi connectivity index (χ2v) is 37.6. The molecule has 18 aromatic carbocycles. The van der Waals surface area contributed by atoms with Gasteiger partial charge in [-0.3, -0.25) is 0 Å². The fraction of sp³-hybridized carbons (Fsp3) is 0. The molecule has 25 aromatic rings. The Hall–Kier alpha value is -14.8. The zero-order valence-corrected chi connectivity index (χ0v) is 71.2. The van der Waals surface area contributed by atoms with E-state index >= 15 is 0 Å². The molecule has 0 atom stereocenters. The summed E-state index contributed by atoms with van der Waals surface area (Å²) in [4.78, 5) is 22.0. The molecule has 0 saturated heterocycles. The standard InChI is InChI=1S/C116H68N4S5/c1-5-19-69(20-6-1)71-33-37-73(38-34-71)100-67-102(119-115(117-100)75-23-9-3-10-24-75)86-49-41-77(57-91(86)82-46-54-108-95(61-82)88-28-14-17-31-105(88)122-108)78-43-51-111-98(58-78)99-59-79(44-52-112(99)124-111)81-42-50-90-97-63-84(48-56-110(97)125-113(90)66-81)93-65-85(80-45-53-107-94(60-80)87-27-13-16-30-104(87)121-107)64-92(83-47-55-109-96(62-83)89-29-15-18-32-106(89)123-109)114(93)103-68-101(118-116(120-103)76-25-11-4-12-26-76)74-39-35-72(36-40-74)70-21-7-2-8-22-70/h1-68H. The molecule has 25 rings (SSSR count). The van der Waals surface area contributed by atoms with Crippen LogP contribution in [-0.2, 0) is 0 Å². The number of thiophene rings is 5. The largest absolute Gasteiger partial charge is 0.228 e. The SMILES string of the molecule is c1ccc(-c2ccc(-c3cc(-c4ccc(-c5ccc6sc7ccc(-c8ccc9c(c8)sc8ccc(-c%10cc(-c%11ccc%12sc%13ccccc%13c%12c%11)cc(-c%11ccc%12sc%13ccccc%13c%12c%11)c%10-c%10cc(-c%11ccc(-c%12ccccc%12)cc%11)nc(-c%11ccccc%11)n%10)cc89)cc7c6c5)cc4-c4ccc5sc6ccccc6c5c4)nc(-c4ccccc4)n3)cc2)cc1. The molecular weight excluding hydrogens is 1610 g/mol. The fourth-order valence-corrected chi connectivity index (χ4v) is 23.9. The average molecular weight is 1680 g/mol. The molecule has 7 heterocycles. The van der Waals surface area contributed by atoms with E-state index in [1.807, 2.05) is 62.8 Å². The van der Waals surface area contributed by atoms with Gasteiger partial charge in [-0.2, -0.15) is 0 Å². The quantitative estimate of drug-likeness (QED) is 0.109. The van der Waals surface area contributed by atoms with Crippen molar-refractivity contribution in [3.63, 3.8) is 0 Å². The summed E-state index contributed by atoms with van der Waals surface area (Å²) in [5.74, 6) is 1.34. The lowest BCUT2D eigenvalue weighted by Gasteiger charge is -2.20. The van der Waals surface area contributed by atoms with Crippen molar-refractivity contribution in [2.24, 2.45) is 0 Å². The zero-order chi connectivity index (χ0) is 82.2. The van der Waals surface area contributed by atoms with Crippen LogP contribution >= 0.6 is 56.7 Å². The third-order valence-corrected chi connectivity index (χ3v) is 30.5. The van der Waals surface area contributed by atoms with Crippen molar-refractivity contribution in [1.82, 2.24) is 19.9 Å². The van der Waals surface area contributed by atoms with Crippen LogP contribution in [0, 0.1) is 0 Å². The third kappa shape index (κ3) is 13.0. The van der Waals surface area contributed by atoms with Gasteiger partial charge in [0.25, 0.3) is 0 Å². The molecule has 4 nitrogen and oxygen atoms in total. The highest BCUT2D eigenvalue weighted by molar-refractivity contribution is 7.27. The third-order valence-electron chi connectivity index (χ3n) is 24.8. The van der Waals surface area contributed by atoms with Crippen molar-refractivity contribution in [2.75, 3.05) is 0 Å². The molecule has 0 aliphatic heterocycles. The van der Waals surface area contributed by atoms with Crippen LogP contribution in [0.1, 0.15) is 0 Å². The highest BCUT2D eigenvalue weighted by Crippen LogP contribution is 2.51. The maximum absolute atomic E-state index is 5.76. The van der Waals surface area contributed by atoms with Crippen molar-refractivity contribution in [3.8, 4) is 157 Å². The van der Waals surface area contributed by atoms with E-state index in [9.17, 15) is 0 Å². The van der Waals surface area contributed by atoms with Gasteiger partial charge >= 0.3 is 0 Å². The summed E-state index contributed by atoms with van der Waals surface area (Å²) >= 11 is 9.27. The van der Waals surface area contributed by atoms with E-state index in [0.717, 1.165) is 123 Å². The highest BCUT2D eigenvalue weighted by atomic mass is 32.1. The second kappa shape index (κ2) is 30.1. The van der Waals surface area contributed by atoms with Gasteiger partial charge in [-0.05, 0) is 216 Å². The van der Waals surface area contributed by atoms with Crippen LogP contribution in [0.4, 0.5) is 0 Å². The fourth-order valence-electron chi connectivity index (χ4n) is 18.5. The number of benzene rings is 18. The van der Waals surface area contributed by atoms with E-state index in [-0.39, 0.29) is 0 Å². The lowest BCUT2D eigenvalue weighted by Crippen LogP contribution is -1.99. The molecule has 0 spiro atoms. The monoisotopic (exact) mass is 1680 g/mol. The first kappa shape index (κ1) is 73.0. The van der Waals surface area contributed by atoms with Gasteiger partial charge in [-0.25, -0.2) is 19.9 Å². The number of aromatic nitrogens is 4. The first-order valence-corrected chi connectivity index (χ1v) is 46.1. The Balaban J connectivity index is 0.626. The topological polar surface area (TPSA) is 51.6 Å². The molecule has 0 N–H and O–H groups in total. The molecule has 0 saturated carbocycles. The predicted molar refractivity (Wildman–Crippen MR) is 538 cm³/mol. The van der Waals surface area contributed by atoms with Gasteiger partial charge in [0.05, 0.1) is 22.8 Å². The van der Waals surface area contributed by atoms with E-state index in [4.69, 9.17) is 19.9 Å². The summed E-state index contributed by atoms with van der Waals surface area (Å²) in [5, 5.41) is 12.5. The van der Waals surface area contributed by atoms with Crippen molar-refractivity contribution >= 4 is 158 Å². The van der Waals surface area contributed by atoms with Gasteiger partial charge in [0.2, 0.25) is 0 Å². The summed E-state index contributed by atoms with van der Waals surface area (Å²) in [7, 11) is 0. The molecule has 0 aliphatic carbocycles. The first-order chi connectivity index (χ1) is 61.8. The van der Waals surface area contributed by atoms with Gasteiger partial charge in [0.1, 0.15) is 0 Å². The molecule has 9 heteroatoms. The van der Waals surface area contributed by atoms with E-state index < -0.39 is 0 Å². The summed E-state index contributed by atoms with van der Waals surface area (Å²) in [6.07, 6.45) is 0. The lowest BCUT2D eigenvalue weighted by molar-refractivity contribution is 1.18. The molecule has 0 bridgehead atoms. The summed E-state index contributed by atoms with van der Waals surface area (Å²) in [5.41, 5.74) is 27.6. The minimum absolute atomic E-state index is 0.662. The van der Waals surface area contributed by atoms with E-state index in [0.29, 0.717) is 11.6 Å². The maximum atomic E-state index is 5.76. The van der Waals surface area contributed by atoms with Gasteiger partial charge < -0.3 is 0 Å². The van der Waals surface area contributed by atoms with Crippen LogP contribution in [0.2, 0.25) is 0 Å². The molecule has 0 aliphatic rings. The summed E-state index contributed by atoms with van der Waals surface area (Å²) in [6.45, 7) is 0. The van der Waals surface area contributed by atoms with Crippen LogP contribution in [0.5, 0.6) is 0 Å². The van der Waals surface area contributed by atoms with Crippen LogP contribution in [-0.4, -0.2) is 19.9 Å². The Bertz CT molecular complexity index is 8640. The van der Waals surface area contributed by atoms with Crippen LogP contribution in [0.15, 0.2) is 413 Å². The number of hydrogen-bond donors (Lipinski definition) is 0. The molecule has 125 heavy (non-hydrogen) atoms. The zero-order valence-electron chi connectivity index (χ0n) is 67.1. The first-order valence-electron chi connectivity index (χ1n) is 42.1. The van der Waals surface area contributed by atoms with E-state index in [1.54, 1.807) is 0 Å². The van der Waals surface area contributed by atoms with Crippen LogP contribution in [0.3, 0.4) is 0 Å². The minimum atomic E-state index is 0.662. The molecule has 0 radical (unpaired) electrons. The van der Waals surface area contributed by atoms with Gasteiger partial charge in [-0.1, -0.05) is 285 Å². The molecular formula is C116H68N4S5. The van der Waals surface area contributed by atoms with Crippen molar-refractivity contribution in [2.45, 2.75) is 0 Å². The number of hydrogen-bond acceptors (Lipinski definition) is 9. The van der Waals surface area contributed by atoms with E-state index in [2.05, 4.69) is 406 Å². The van der Waals surface area contributed by atoms with Gasteiger partial charge in [0.15, 0.2) is 11.6 Å². The molecule has 7 aromatic heterocycles. The van der Waals surface area contributed by atoms with Gasteiger partial charge in [-0.15, -0.1) is 56.7 Å². The highest BCUT2D eigenvalue weighted by Gasteiger charge is 2.26. The summed E-state index contributed by atoms with van der Waals surface area (Å²) in [6, 6.07) is 152. The second-order valence-electron chi connectivity index (χ2n) is 32.2. The average Bonchev–Trinajstić information content (AvgIpc) is 1.72. The normalized spacial score (nSPS) is 11.8. The Morgan fingerprint density at radius 2 is 0.392 bits per heavy atom. The molecule has 0 fully saturated rings. The molecule has 0 amide bonds. The Labute approximate surface area is 740 Å². The smallest absolute Gasteiger partial charge is 0.160 e. The Morgan fingerprint density at radius 1 is 0.128 bits per heavy atom. The number of fused-ring (bicyclic) bond motifs is 15. The van der Waals surface area contributed by atoms with Crippen molar-refractivity contribution in [3.05, 3.63) is 413 Å². The lowest BCUT2D eigenvalue weighted by atomic mass is 9.85.